The van der Waals surface area contributed by atoms with Crippen molar-refractivity contribution in [3.05, 3.63) is 29.8 Å². The van der Waals surface area contributed by atoms with Crippen molar-refractivity contribution in [2.24, 2.45) is 0 Å². The molecule has 0 aromatic heterocycles. The molecule has 26 heavy (non-hydrogen) atoms. The summed E-state index contributed by atoms with van der Waals surface area (Å²) >= 11 is 0. The van der Waals surface area contributed by atoms with Crippen LogP contribution in [0.25, 0.3) is 0 Å². The van der Waals surface area contributed by atoms with Gasteiger partial charge in [0.25, 0.3) is 5.91 Å². The number of hydrogen-bond donors (Lipinski definition) is 2. The third-order valence-corrected chi connectivity index (χ3v) is 3.39. The number of nitrogens with one attached hydrogen (secondary N) is 2. The van der Waals surface area contributed by atoms with E-state index in [0.29, 0.717) is 11.3 Å². The van der Waals surface area contributed by atoms with Gasteiger partial charge in [-0.3, -0.25) is 9.59 Å². The largest absolute Gasteiger partial charge is 0.466 e. The Bertz CT molecular complexity index is 592. The number of carbonyl (C=O) groups excluding carboxylic acids is 3. The standard InChI is InChI=1S/C18H25FN2O5/c1-3-25-16(22)10-9-15(18(24)26-4-2)21-17(23)13-5-7-14(8-6-13)20-12-11-19/h5-8,15,20H,3-4,9-12H2,1-2H3,(H,21,23)/t15-/m0/s1. The Hall–Kier alpha value is -2.64. The van der Waals surface area contributed by atoms with Crippen molar-refractivity contribution < 1.29 is 28.2 Å². The Morgan fingerprint density at radius 1 is 1.08 bits per heavy atom. The Morgan fingerprint density at radius 2 is 1.73 bits per heavy atom. The molecule has 7 nitrogen and oxygen atoms in total. The van der Waals surface area contributed by atoms with Gasteiger partial charge in [-0.1, -0.05) is 0 Å². The van der Waals surface area contributed by atoms with Crippen molar-refractivity contribution in [2.45, 2.75) is 32.7 Å². The van der Waals surface area contributed by atoms with E-state index in [1.165, 1.54) is 0 Å². The SMILES string of the molecule is CCOC(=O)CC[C@H](NC(=O)c1ccc(NCCF)cc1)C(=O)OCC. The van der Waals surface area contributed by atoms with E-state index in [0.717, 1.165) is 0 Å². The Kier molecular flexibility index (Phi) is 9.74. The lowest BCUT2D eigenvalue weighted by Gasteiger charge is -2.17. The third-order valence-electron chi connectivity index (χ3n) is 3.39. The first-order chi connectivity index (χ1) is 12.5. The maximum absolute atomic E-state index is 12.3. The molecule has 0 aliphatic carbocycles. The summed E-state index contributed by atoms with van der Waals surface area (Å²) in [5.74, 6) is -1.52. The average Bonchev–Trinajstić information content (AvgIpc) is 2.64. The predicted octanol–water partition coefficient (Wildman–Crippen LogP) is 2.07. The molecule has 0 aliphatic rings. The highest BCUT2D eigenvalue weighted by molar-refractivity contribution is 5.97. The molecule has 2 N–H and O–H groups in total. The van der Waals surface area contributed by atoms with Gasteiger partial charge in [-0.2, -0.15) is 0 Å². The number of ether oxygens (including phenoxy) is 2. The molecular formula is C18H25FN2O5. The van der Waals surface area contributed by atoms with Crippen LogP contribution in [0.1, 0.15) is 37.0 Å². The van der Waals surface area contributed by atoms with Crippen LogP contribution in [-0.2, 0) is 19.1 Å². The molecule has 1 aromatic rings. The van der Waals surface area contributed by atoms with Gasteiger partial charge in [-0.05, 0) is 44.5 Å². The number of hydrogen-bond acceptors (Lipinski definition) is 6. The first-order valence-electron chi connectivity index (χ1n) is 8.54. The second-order valence-corrected chi connectivity index (χ2v) is 5.31. The van der Waals surface area contributed by atoms with Crippen molar-refractivity contribution in [1.29, 1.82) is 0 Å². The molecule has 0 radical (unpaired) electrons. The van der Waals surface area contributed by atoms with E-state index in [4.69, 9.17) is 9.47 Å². The molecular weight excluding hydrogens is 343 g/mol. The monoisotopic (exact) mass is 368 g/mol. The van der Waals surface area contributed by atoms with Crippen molar-refractivity contribution >= 4 is 23.5 Å². The van der Waals surface area contributed by atoms with Crippen molar-refractivity contribution in [1.82, 2.24) is 5.32 Å². The van der Waals surface area contributed by atoms with E-state index in [-0.39, 0.29) is 32.6 Å². The van der Waals surface area contributed by atoms with Gasteiger partial charge in [0, 0.05) is 24.2 Å². The summed E-state index contributed by atoms with van der Waals surface area (Å²) < 4.78 is 21.9. The fraction of sp³-hybridized carbons (Fsp3) is 0.500. The molecule has 1 amide bonds. The molecule has 0 heterocycles. The Balaban J connectivity index is 2.70. The Morgan fingerprint density at radius 3 is 2.31 bits per heavy atom. The highest BCUT2D eigenvalue weighted by Crippen LogP contribution is 2.10. The number of alkyl halides is 1. The van der Waals surface area contributed by atoms with Crippen molar-refractivity contribution in [3.8, 4) is 0 Å². The van der Waals surface area contributed by atoms with Crippen LogP contribution in [0.15, 0.2) is 24.3 Å². The molecule has 0 aliphatic heterocycles. The maximum atomic E-state index is 12.3. The first-order valence-corrected chi connectivity index (χ1v) is 8.54. The van der Waals surface area contributed by atoms with E-state index in [1.807, 2.05) is 0 Å². The Labute approximate surface area is 152 Å². The molecule has 144 valence electrons. The highest BCUT2D eigenvalue weighted by Gasteiger charge is 2.23. The first kappa shape index (κ1) is 21.4. The van der Waals surface area contributed by atoms with Crippen LogP contribution >= 0.6 is 0 Å². The smallest absolute Gasteiger partial charge is 0.328 e. The van der Waals surface area contributed by atoms with Crippen LogP contribution in [0.2, 0.25) is 0 Å². The van der Waals surface area contributed by atoms with Gasteiger partial charge >= 0.3 is 11.9 Å². The maximum Gasteiger partial charge on any atom is 0.328 e. The summed E-state index contributed by atoms with van der Waals surface area (Å²) in [5.41, 5.74) is 1.02. The molecule has 0 spiro atoms. The number of carbonyl (C=O) groups is 3. The average molecular weight is 368 g/mol. The van der Waals surface area contributed by atoms with E-state index < -0.39 is 30.6 Å². The van der Waals surface area contributed by atoms with Crippen molar-refractivity contribution in [3.63, 3.8) is 0 Å². The second kappa shape index (κ2) is 11.8. The minimum Gasteiger partial charge on any atom is -0.466 e. The topological polar surface area (TPSA) is 93.7 Å². The van der Waals surface area contributed by atoms with Gasteiger partial charge < -0.3 is 20.1 Å². The highest BCUT2D eigenvalue weighted by atomic mass is 19.1. The zero-order valence-electron chi connectivity index (χ0n) is 15.0. The summed E-state index contributed by atoms with van der Waals surface area (Å²) in [6, 6.07) is 5.45. The molecule has 0 unspecified atom stereocenters. The van der Waals surface area contributed by atoms with Crippen LogP contribution in [0, 0.1) is 0 Å². The normalized spacial score (nSPS) is 11.3. The van der Waals surface area contributed by atoms with Crippen LogP contribution in [0.3, 0.4) is 0 Å². The number of benzene rings is 1. The molecule has 0 saturated heterocycles. The molecule has 0 saturated carbocycles. The minimum atomic E-state index is -0.948. The van der Waals surface area contributed by atoms with Gasteiger partial charge in [-0.15, -0.1) is 0 Å². The van der Waals surface area contributed by atoms with Crippen LogP contribution in [0.4, 0.5) is 10.1 Å². The fourth-order valence-corrected chi connectivity index (χ4v) is 2.16. The van der Waals surface area contributed by atoms with Gasteiger partial charge in [0.2, 0.25) is 0 Å². The summed E-state index contributed by atoms with van der Waals surface area (Å²) in [6.45, 7) is 3.45. The van der Waals surface area contributed by atoms with Gasteiger partial charge in [0.15, 0.2) is 0 Å². The number of rotatable bonds is 11. The predicted molar refractivity (Wildman–Crippen MR) is 94.7 cm³/mol. The fourth-order valence-electron chi connectivity index (χ4n) is 2.16. The van der Waals surface area contributed by atoms with E-state index in [1.54, 1.807) is 38.1 Å². The number of halogens is 1. The van der Waals surface area contributed by atoms with Gasteiger partial charge in [0.05, 0.1) is 13.2 Å². The summed E-state index contributed by atoms with van der Waals surface area (Å²) in [7, 11) is 0. The zero-order valence-corrected chi connectivity index (χ0v) is 15.0. The lowest BCUT2D eigenvalue weighted by atomic mass is 10.1. The zero-order chi connectivity index (χ0) is 19.4. The number of anilines is 1. The van der Waals surface area contributed by atoms with Crippen molar-refractivity contribution in [2.75, 3.05) is 31.7 Å². The molecule has 0 bridgehead atoms. The summed E-state index contributed by atoms with van der Waals surface area (Å²) in [5, 5.41) is 5.43. The summed E-state index contributed by atoms with van der Waals surface area (Å²) in [6.07, 6.45) is 0.0727. The molecule has 0 fully saturated rings. The van der Waals surface area contributed by atoms with Gasteiger partial charge in [-0.25, -0.2) is 9.18 Å². The summed E-state index contributed by atoms with van der Waals surface area (Å²) in [4.78, 5) is 35.8. The van der Waals surface area contributed by atoms with E-state index in [9.17, 15) is 18.8 Å². The van der Waals surface area contributed by atoms with E-state index in [2.05, 4.69) is 10.6 Å². The molecule has 1 aromatic carbocycles. The lowest BCUT2D eigenvalue weighted by molar-refractivity contribution is -0.146. The molecule has 8 heteroatoms. The quantitative estimate of drug-likeness (QED) is 0.581. The minimum absolute atomic E-state index is 0.0102. The van der Waals surface area contributed by atoms with Crippen LogP contribution in [0.5, 0.6) is 0 Å². The van der Waals surface area contributed by atoms with E-state index >= 15 is 0 Å². The lowest BCUT2D eigenvalue weighted by Crippen LogP contribution is -2.42. The molecule has 1 rings (SSSR count). The van der Waals surface area contributed by atoms with Crippen LogP contribution < -0.4 is 10.6 Å². The number of esters is 2. The third kappa shape index (κ3) is 7.50. The number of amides is 1. The molecule has 1 atom stereocenters. The van der Waals surface area contributed by atoms with Gasteiger partial charge in [0.1, 0.15) is 12.7 Å². The van der Waals surface area contributed by atoms with Crippen LogP contribution in [-0.4, -0.2) is 50.3 Å². The second-order valence-electron chi connectivity index (χ2n) is 5.31.